The highest BCUT2D eigenvalue weighted by atomic mass is 16.2. The molecule has 0 aliphatic carbocycles. The smallest absolute Gasteiger partial charge is 0.222 e. The molecule has 0 bridgehead atoms. The largest absolute Gasteiger partial charge is 0.349 e. The van der Waals surface area contributed by atoms with E-state index in [4.69, 9.17) is 0 Å². The van der Waals surface area contributed by atoms with Gasteiger partial charge in [0.05, 0.1) is 6.54 Å². The number of H-pyrrole nitrogens is 1. The van der Waals surface area contributed by atoms with E-state index < -0.39 is 0 Å². The van der Waals surface area contributed by atoms with Crippen LogP contribution in [0.5, 0.6) is 0 Å². The van der Waals surface area contributed by atoms with Crippen molar-refractivity contribution in [3.05, 3.63) is 30.4 Å². The molecule has 2 N–H and O–H groups in total. The van der Waals surface area contributed by atoms with E-state index >= 15 is 0 Å². The van der Waals surface area contributed by atoms with Crippen LogP contribution < -0.4 is 5.32 Å². The number of hydrogen-bond donors (Lipinski definition) is 2. The Kier molecular flexibility index (Phi) is 5.71. The van der Waals surface area contributed by atoms with Crippen molar-refractivity contribution in [1.29, 1.82) is 0 Å². The Morgan fingerprint density at radius 1 is 1.28 bits per heavy atom. The van der Waals surface area contributed by atoms with E-state index in [0.717, 1.165) is 24.9 Å². The average Bonchev–Trinajstić information content (AvgIpc) is 3.11. The molecule has 0 unspecified atom stereocenters. The molecule has 8 nitrogen and oxygen atoms in total. The van der Waals surface area contributed by atoms with Gasteiger partial charge in [-0.15, -0.1) is 0 Å². The molecule has 2 aromatic heterocycles. The van der Waals surface area contributed by atoms with Gasteiger partial charge in [0, 0.05) is 43.9 Å². The Hall–Kier alpha value is -2.77. The van der Waals surface area contributed by atoms with Crippen LogP contribution in [0.1, 0.15) is 37.9 Å². The summed E-state index contributed by atoms with van der Waals surface area (Å²) in [5.74, 6) is 1.34. The normalized spacial score (nSPS) is 14.6. The van der Waals surface area contributed by atoms with Crippen LogP contribution in [0.4, 0.5) is 0 Å². The zero-order valence-corrected chi connectivity index (χ0v) is 14.1. The van der Waals surface area contributed by atoms with Crippen LogP contribution in [0.3, 0.4) is 0 Å². The molecule has 1 aliphatic heterocycles. The van der Waals surface area contributed by atoms with E-state index in [1.807, 2.05) is 17.0 Å². The van der Waals surface area contributed by atoms with E-state index in [9.17, 15) is 9.59 Å². The van der Waals surface area contributed by atoms with Gasteiger partial charge >= 0.3 is 0 Å². The molecule has 0 aromatic carbocycles. The van der Waals surface area contributed by atoms with E-state index in [1.165, 1.54) is 0 Å². The van der Waals surface area contributed by atoms with Crippen LogP contribution in [0.15, 0.2) is 24.5 Å². The van der Waals surface area contributed by atoms with E-state index in [0.29, 0.717) is 44.0 Å². The number of rotatable bonds is 7. The van der Waals surface area contributed by atoms with Crippen LogP contribution in [0, 0.1) is 0 Å². The van der Waals surface area contributed by atoms with Crippen molar-refractivity contribution in [3.63, 3.8) is 0 Å². The Balaban J connectivity index is 1.39. The zero-order valence-electron chi connectivity index (χ0n) is 14.1. The first kappa shape index (κ1) is 17.1. The van der Waals surface area contributed by atoms with Gasteiger partial charge in [-0.1, -0.05) is 0 Å². The van der Waals surface area contributed by atoms with Crippen LogP contribution in [0.2, 0.25) is 0 Å². The van der Waals surface area contributed by atoms with Gasteiger partial charge in [-0.3, -0.25) is 19.7 Å². The molecule has 8 heteroatoms. The molecular formula is C17H22N6O2. The first-order valence-electron chi connectivity index (χ1n) is 8.58. The third-order valence-electron chi connectivity index (χ3n) is 4.18. The van der Waals surface area contributed by atoms with Crippen molar-refractivity contribution in [2.75, 3.05) is 13.1 Å². The number of aromatic amines is 1. The van der Waals surface area contributed by atoms with Crippen molar-refractivity contribution in [2.45, 2.75) is 38.6 Å². The first-order valence-corrected chi connectivity index (χ1v) is 8.58. The number of likely N-dealkylation sites (tertiary alicyclic amines) is 1. The lowest BCUT2D eigenvalue weighted by atomic mass is 10.1. The second-order valence-corrected chi connectivity index (χ2v) is 6.06. The standard InChI is InChI=1S/C17H22N6O2/c24-15(4-3-11-23-10-2-1-5-16(23)25)19-12-14-20-17(22-21-14)13-6-8-18-9-7-13/h6-9H,1-5,10-12H2,(H,19,24)(H,20,21,22). The van der Waals surface area contributed by atoms with Gasteiger partial charge < -0.3 is 10.2 Å². The zero-order chi connectivity index (χ0) is 17.5. The summed E-state index contributed by atoms with van der Waals surface area (Å²) in [5.41, 5.74) is 0.870. The minimum Gasteiger partial charge on any atom is -0.349 e. The monoisotopic (exact) mass is 342 g/mol. The average molecular weight is 342 g/mol. The third-order valence-corrected chi connectivity index (χ3v) is 4.18. The van der Waals surface area contributed by atoms with Gasteiger partial charge in [-0.2, -0.15) is 5.10 Å². The number of pyridine rings is 1. The molecule has 0 radical (unpaired) electrons. The number of nitrogens with one attached hydrogen (secondary N) is 2. The lowest BCUT2D eigenvalue weighted by Gasteiger charge is -2.26. The third kappa shape index (κ3) is 4.85. The van der Waals surface area contributed by atoms with Crippen LogP contribution in [-0.4, -0.2) is 50.0 Å². The quantitative estimate of drug-likeness (QED) is 0.789. The Labute approximate surface area is 146 Å². The highest BCUT2D eigenvalue weighted by Gasteiger charge is 2.17. The Bertz CT molecular complexity index is 715. The number of hydrogen-bond acceptors (Lipinski definition) is 5. The fourth-order valence-corrected chi connectivity index (χ4v) is 2.80. The first-order chi connectivity index (χ1) is 12.2. The number of amides is 2. The second-order valence-electron chi connectivity index (χ2n) is 6.06. The highest BCUT2D eigenvalue weighted by molar-refractivity contribution is 5.77. The summed E-state index contributed by atoms with van der Waals surface area (Å²) in [5, 5.41) is 9.78. The lowest BCUT2D eigenvalue weighted by Crippen LogP contribution is -2.36. The summed E-state index contributed by atoms with van der Waals surface area (Å²) in [6.45, 7) is 1.77. The van der Waals surface area contributed by atoms with Gasteiger partial charge in [0.1, 0.15) is 5.82 Å². The molecule has 1 fully saturated rings. The molecule has 25 heavy (non-hydrogen) atoms. The molecule has 0 spiro atoms. The number of nitrogens with zero attached hydrogens (tertiary/aromatic N) is 4. The topological polar surface area (TPSA) is 104 Å². The maximum Gasteiger partial charge on any atom is 0.222 e. The van der Waals surface area contributed by atoms with Gasteiger partial charge in [-0.05, 0) is 31.4 Å². The van der Waals surface area contributed by atoms with E-state index in [2.05, 4.69) is 25.5 Å². The summed E-state index contributed by atoms with van der Waals surface area (Å²) in [4.78, 5) is 33.8. The maximum atomic E-state index is 11.9. The molecule has 1 aliphatic rings. The molecule has 132 valence electrons. The fraction of sp³-hybridized carbons (Fsp3) is 0.471. The van der Waals surface area contributed by atoms with Crippen LogP contribution in [-0.2, 0) is 16.1 Å². The molecule has 3 rings (SSSR count). The van der Waals surface area contributed by atoms with Gasteiger partial charge in [0.15, 0.2) is 5.82 Å². The lowest BCUT2D eigenvalue weighted by molar-refractivity contribution is -0.133. The predicted molar refractivity (Wildman–Crippen MR) is 91.1 cm³/mol. The maximum absolute atomic E-state index is 11.9. The summed E-state index contributed by atoms with van der Waals surface area (Å²) in [7, 11) is 0. The summed E-state index contributed by atoms with van der Waals surface area (Å²) in [6.07, 6.45) is 7.11. The molecule has 2 aromatic rings. The highest BCUT2D eigenvalue weighted by Crippen LogP contribution is 2.13. The summed E-state index contributed by atoms with van der Waals surface area (Å²) >= 11 is 0. The molecular weight excluding hydrogens is 320 g/mol. The predicted octanol–water partition coefficient (Wildman–Crippen LogP) is 1.28. The molecule has 0 atom stereocenters. The second kappa shape index (κ2) is 8.36. The van der Waals surface area contributed by atoms with Crippen molar-refractivity contribution in [2.24, 2.45) is 0 Å². The van der Waals surface area contributed by atoms with Crippen LogP contribution >= 0.6 is 0 Å². The van der Waals surface area contributed by atoms with Gasteiger partial charge in [-0.25, -0.2) is 4.98 Å². The summed E-state index contributed by atoms with van der Waals surface area (Å²) < 4.78 is 0. The van der Waals surface area contributed by atoms with E-state index in [-0.39, 0.29) is 11.8 Å². The number of piperidine rings is 1. The Morgan fingerprint density at radius 2 is 2.12 bits per heavy atom. The van der Waals surface area contributed by atoms with Crippen molar-refractivity contribution >= 4 is 11.8 Å². The fourth-order valence-electron chi connectivity index (χ4n) is 2.80. The van der Waals surface area contributed by atoms with Crippen molar-refractivity contribution in [3.8, 4) is 11.4 Å². The molecule has 2 amide bonds. The van der Waals surface area contributed by atoms with Crippen molar-refractivity contribution < 1.29 is 9.59 Å². The van der Waals surface area contributed by atoms with Crippen molar-refractivity contribution in [1.82, 2.24) is 30.4 Å². The van der Waals surface area contributed by atoms with E-state index in [1.54, 1.807) is 12.4 Å². The minimum absolute atomic E-state index is 0.0497. The SMILES string of the molecule is O=C(CCCN1CCCCC1=O)NCc1nc(-c2ccncc2)n[nH]1. The molecule has 3 heterocycles. The van der Waals surface area contributed by atoms with Gasteiger partial charge in [0.25, 0.3) is 0 Å². The molecule has 1 saturated heterocycles. The van der Waals surface area contributed by atoms with Gasteiger partial charge in [0.2, 0.25) is 11.8 Å². The number of carbonyl (C=O) groups is 2. The minimum atomic E-state index is -0.0497. The number of carbonyl (C=O) groups excluding carboxylic acids is 2. The molecule has 0 saturated carbocycles. The van der Waals surface area contributed by atoms with Crippen LogP contribution in [0.25, 0.3) is 11.4 Å². The summed E-state index contributed by atoms with van der Waals surface area (Å²) in [6, 6.07) is 3.65. The Morgan fingerprint density at radius 3 is 2.92 bits per heavy atom. The number of aromatic nitrogens is 4.